The Kier molecular flexibility index (Phi) is 5.86. The number of carbonyl (C=O) groups is 1. The Morgan fingerprint density at radius 3 is 2.67 bits per heavy atom. The second kappa shape index (κ2) is 8.96. The zero-order chi connectivity index (χ0) is 22.9. The summed E-state index contributed by atoms with van der Waals surface area (Å²) in [7, 11) is 0. The number of hydrogen-bond donors (Lipinski definition) is 2. The van der Waals surface area contributed by atoms with E-state index in [4.69, 9.17) is 4.74 Å². The maximum absolute atomic E-state index is 12.3. The van der Waals surface area contributed by atoms with Crippen molar-refractivity contribution in [1.82, 2.24) is 20.2 Å². The Hall–Kier alpha value is -3.23. The van der Waals surface area contributed by atoms with Gasteiger partial charge >= 0.3 is 0 Å². The molecule has 0 radical (unpaired) electrons. The Morgan fingerprint density at radius 2 is 1.91 bits per heavy atom. The largest absolute Gasteiger partial charge is 0.372 e. The first-order chi connectivity index (χ1) is 16.0. The van der Waals surface area contributed by atoms with E-state index in [9.17, 15) is 9.59 Å². The van der Waals surface area contributed by atoms with Gasteiger partial charge in [-0.05, 0) is 43.2 Å². The fraction of sp³-hybridized carbons (Fsp3) is 0.400. The molecule has 0 spiro atoms. The molecule has 2 N–H and O–H groups in total. The van der Waals surface area contributed by atoms with Crippen molar-refractivity contribution < 1.29 is 9.53 Å². The molecule has 0 aliphatic carbocycles. The number of H-pyrrole nitrogens is 1. The number of aromatic amines is 1. The van der Waals surface area contributed by atoms with Crippen LogP contribution in [0, 0.1) is 6.92 Å². The zero-order valence-corrected chi connectivity index (χ0v) is 19.1. The first kappa shape index (κ1) is 21.6. The molecule has 5 rings (SSSR count). The van der Waals surface area contributed by atoms with Crippen molar-refractivity contribution in [1.29, 1.82) is 0 Å². The molecule has 33 heavy (non-hydrogen) atoms. The molecule has 8 nitrogen and oxygen atoms in total. The molecular weight excluding hydrogens is 418 g/mol. The lowest BCUT2D eigenvalue weighted by molar-refractivity contribution is 0.0950. The van der Waals surface area contributed by atoms with Crippen LogP contribution < -0.4 is 15.8 Å². The van der Waals surface area contributed by atoms with Crippen LogP contribution in [0.2, 0.25) is 0 Å². The minimum absolute atomic E-state index is 0.0389. The summed E-state index contributed by atoms with van der Waals surface area (Å²) in [5.41, 5.74) is 6.24. The van der Waals surface area contributed by atoms with Gasteiger partial charge in [0.1, 0.15) is 5.69 Å². The van der Waals surface area contributed by atoms with Gasteiger partial charge in [-0.15, -0.1) is 0 Å². The van der Waals surface area contributed by atoms with Gasteiger partial charge in [-0.25, -0.2) is 4.98 Å². The number of benzene rings is 1. The third-order valence-corrected chi connectivity index (χ3v) is 6.54. The number of hydrogen-bond acceptors (Lipinski definition) is 6. The summed E-state index contributed by atoms with van der Waals surface area (Å²) < 4.78 is 5.48. The van der Waals surface area contributed by atoms with E-state index in [2.05, 4.69) is 43.3 Å². The molecule has 0 bridgehead atoms. The van der Waals surface area contributed by atoms with Gasteiger partial charge in [0.2, 0.25) is 0 Å². The lowest BCUT2D eigenvalue weighted by atomic mass is 10.0. The van der Waals surface area contributed by atoms with Gasteiger partial charge in [-0.2, -0.15) is 0 Å². The second-order valence-electron chi connectivity index (χ2n) is 8.71. The highest BCUT2D eigenvalue weighted by molar-refractivity contribution is 5.92. The number of anilines is 1. The van der Waals surface area contributed by atoms with E-state index >= 15 is 0 Å². The summed E-state index contributed by atoms with van der Waals surface area (Å²) in [6, 6.07) is 10.2. The van der Waals surface area contributed by atoms with Gasteiger partial charge in [0, 0.05) is 55.7 Å². The minimum atomic E-state index is -0.133. The third-order valence-electron chi connectivity index (χ3n) is 6.54. The molecule has 2 aromatic heterocycles. The summed E-state index contributed by atoms with van der Waals surface area (Å²) in [5, 5.41) is 3.87. The summed E-state index contributed by atoms with van der Waals surface area (Å²) in [5.74, 6) is -0.133. The van der Waals surface area contributed by atoms with Crippen molar-refractivity contribution in [2.75, 3.05) is 37.6 Å². The van der Waals surface area contributed by atoms with E-state index in [0.29, 0.717) is 25.5 Å². The van der Waals surface area contributed by atoms with E-state index < -0.39 is 0 Å². The number of aromatic nitrogens is 2. The predicted octanol–water partition coefficient (Wildman–Crippen LogP) is 2.33. The van der Waals surface area contributed by atoms with E-state index in [1.54, 1.807) is 6.07 Å². The number of pyridine rings is 2. The highest BCUT2D eigenvalue weighted by Gasteiger charge is 2.21. The summed E-state index contributed by atoms with van der Waals surface area (Å²) >= 11 is 0. The van der Waals surface area contributed by atoms with Gasteiger partial charge in [0.25, 0.3) is 11.5 Å². The standard InChI is InChI=1S/C25H29N5O3/c1-3-26-25(32)21-6-7-23(16(2)27-21)30-10-8-29(9-11-30)13-17-4-5-18-19-14-33-15-20(19)24(31)28-22(18)12-17/h4-7,12H,3,8-11,13-15H2,1-2H3,(H,26,32)(H,28,31). The number of ether oxygens (including phenoxy) is 1. The van der Waals surface area contributed by atoms with Crippen molar-refractivity contribution in [3.8, 4) is 0 Å². The van der Waals surface area contributed by atoms with Crippen LogP contribution in [-0.4, -0.2) is 53.5 Å². The Bertz CT molecular complexity index is 1260. The fourth-order valence-corrected chi connectivity index (χ4v) is 4.80. The number of nitrogens with zero attached hydrogens (tertiary/aromatic N) is 3. The normalized spacial score (nSPS) is 16.2. The van der Waals surface area contributed by atoms with Crippen LogP contribution in [0.25, 0.3) is 10.9 Å². The highest BCUT2D eigenvalue weighted by Crippen LogP contribution is 2.26. The van der Waals surface area contributed by atoms with Gasteiger partial charge in [0.05, 0.1) is 24.6 Å². The molecule has 1 aromatic carbocycles. The minimum Gasteiger partial charge on any atom is -0.372 e. The van der Waals surface area contributed by atoms with Crippen LogP contribution in [0.3, 0.4) is 0 Å². The van der Waals surface area contributed by atoms with Crippen molar-refractivity contribution in [3.05, 3.63) is 68.8 Å². The van der Waals surface area contributed by atoms with Crippen LogP contribution in [-0.2, 0) is 24.5 Å². The fourth-order valence-electron chi connectivity index (χ4n) is 4.80. The molecule has 1 saturated heterocycles. The smallest absolute Gasteiger partial charge is 0.269 e. The van der Waals surface area contributed by atoms with E-state index in [-0.39, 0.29) is 11.5 Å². The first-order valence-corrected chi connectivity index (χ1v) is 11.5. The molecule has 172 valence electrons. The van der Waals surface area contributed by atoms with Gasteiger partial charge in [0.15, 0.2) is 0 Å². The summed E-state index contributed by atoms with van der Waals surface area (Å²) in [6.07, 6.45) is 0. The average molecular weight is 448 g/mol. The quantitative estimate of drug-likeness (QED) is 0.624. The van der Waals surface area contributed by atoms with Crippen LogP contribution in [0.5, 0.6) is 0 Å². The molecular formula is C25H29N5O3. The van der Waals surface area contributed by atoms with Gasteiger partial charge in [-0.3, -0.25) is 14.5 Å². The van der Waals surface area contributed by atoms with Crippen LogP contribution in [0.4, 0.5) is 5.69 Å². The number of piperazine rings is 1. The molecule has 8 heteroatoms. The molecule has 0 atom stereocenters. The lowest BCUT2D eigenvalue weighted by Crippen LogP contribution is -2.46. The molecule has 0 unspecified atom stereocenters. The van der Waals surface area contributed by atoms with E-state index in [0.717, 1.165) is 66.1 Å². The maximum atomic E-state index is 12.3. The number of fused-ring (bicyclic) bond motifs is 3. The Balaban J connectivity index is 1.25. The average Bonchev–Trinajstić information content (AvgIpc) is 3.31. The van der Waals surface area contributed by atoms with Gasteiger partial charge in [-0.1, -0.05) is 12.1 Å². The van der Waals surface area contributed by atoms with Crippen LogP contribution in [0.15, 0.2) is 35.1 Å². The summed E-state index contributed by atoms with van der Waals surface area (Å²) in [4.78, 5) is 36.7. The first-order valence-electron chi connectivity index (χ1n) is 11.5. The topological polar surface area (TPSA) is 90.6 Å². The maximum Gasteiger partial charge on any atom is 0.269 e. The predicted molar refractivity (Wildman–Crippen MR) is 128 cm³/mol. The van der Waals surface area contributed by atoms with Gasteiger partial charge < -0.3 is 19.9 Å². The van der Waals surface area contributed by atoms with Crippen molar-refractivity contribution in [3.63, 3.8) is 0 Å². The SMILES string of the molecule is CCNC(=O)c1ccc(N2CCN(Cc3ccc4c5c(c(=O)[nH]c4c3)COC5)CC2)c(C)n1. The number of nitrogens with one attached hydrogen (secondary N) is 2. The molecule has 3 aromatic rings. The van der Waals surface area contributed by atoms with Crippen molar-refractivity contribution in [2.45, 2.75) is 33.6 Å². The third kappa shape index (κ3) is 4.24. The number of carbonyl (C=O) groups excluding carboxylic acids is 1. The van der Waals surface area contributed by atoms with Crippen LogP contribution >= 0.6 is 0 Å². The number of aryl methyl sites for hydroxylation is 1. The molecule has 1 amide bonds. The van der Waals surface area contributed by atoms with E-state index in [1.165, 1.54) is 5.56 Å². The molecule has 1 fully saturated rings. The summed E-state index contributed by atoms with van der Waals surface area (Å²) in [6.45, 7) is 9.87. The monoisotopic (exact) mass is 447 g/mol. The second-order valence-corrected chi connectivity index (χ2v) is 8.71. The molecule has 2 aliphatic rings. The number of amides is 1. The zero-order valence-electron chi connectivity index (χ0n) is 19.1. The Morgan fingerprint density at radius 1 is 1.12 bits per heavy atom. The van der Waals surface area contributed by atoms with E-state index in [1.807, 2.05) is 19.9 Å². The highest BCUT2D eigenvalue weighted by atomic mass is 16.5. The van der Waals surface area contributed by atoms with Crippen LogP contribution in [0.1, 0.15) is 39.8 Å². The Labute approximate surface area is 192 Å². The molecule has 0 saturated carbocycles. The lowest BCUT2D eigenvalue weighted by Gasteiger charge is -2.36. The molecule has 4 heterocycles. The number of rotatable bonds is 5. The van der Waals surface area contributed by atoms with Crippen molar-refractivity contribution in [2.24, 2.45) is 0 Å². The molecule has 2 aliphatic heterocycles. The van der Waals surface area contributed by atoms with Crippen molar-refractivity contribution >= 4 is 22.5 Å².